The van der Waals surface area contributed by atoms with Crippen molar-refractivity contribution in [3.05, 3.63) is 0 Å². The second-order valence-electron chi connectivity index (χ2n) is 9.18. The van der Waals surface area contributed by atoms with Crippen molar-refractivity contribution in [2.24, 2.45) is 5.92 Å². The van der Waals surface area contributed by atoms with Crippen LogP contribution in [0.1, 0.15) is 39.5 Å². The van der Waals surface area contributed by atoms with Gasteiger partial charge in [0, 0.05) is 51.6 Å². The van der Waals surface area contributed by atoms with Gasteiger partial charge in [-0.15, -0.1) is 0 Å². The van der Waals surface area contributed by atoms with Crippen LogP contribution >= 0.6 is 0 Å². The first kappa shape index (κ1) is 20.4. The molecular weight excluding hydrogens is 344 g/mol. The van der Waals surface area contributed by atoms with Gasteiger partial charge < -0.3 is 19.4 Å². The lowest BCUT2D eigenvalue weighted by Crippen LogP contribution is -2.50. The van der Waals surface area contributed by atoms with E-state index in [4.69, 9.17) is 4.74 Å². The molecule has 2 amide bonds. The van der Waals surface area contributed by atoms with Crippen LogP contribution in [-0.4, -0.2) is 103 Å². The van der Waals surface area contributed by atoms with Crippen LogP contribution in [0.5, 0.6) is 0 Å². The molecule has 0 aromatic rings. The SMILES string of the molecule is CC(C)CCN1CC2(CCN(C(=O)CN3CC[C@@H](N(C)C)C3)CC2)OC1=O. The molecule has 3 heterocycles. The van der Waals surface area contributed by atoms with Crippen molar-refractivity contribution < 1.29 is 14.3 Å². The molecule has 0 aliphatic carbocycles. The van der Waals surface area contributed by atoms with Crippen molar-refractivity contribution in [3.63, 3.8) is 0 Å². The number of rotatable bonds is 6. The molecule has 27 heavy (non-hydrogen) atoms. The molecular formula is C20H36N4O3. The molecule has 0 unspecified atom stereocenters. The zero-order valence-corrected chi connectivity index (χ0v) is 17.4. The number of hydrogen-bond acceptors (Lipinski definition) is 5. The first-order valence-electron chi connectivity index (χ1n) is 10.4. The highest BCUT2D eigenvalue weighted by atomic mass is 16.6. The Morgan fingerprint density at radius 1 is 1.26 bits per heavy atom. The number of carbonyl (C=O) groups excluding carboxylic acids is 2. The second-order valence-corrected chi connectivity index (χ2v) is 9.18. The number of carbonyl (C=O) groups is 2. The molecule has 1 atom stereocenters. The van der Waals surface area contributed by atoms with Gasteiger partial charge in [-0.2, -0.15) is 0 Å². The average Bonchev–Trinajstić information content (AvgIpc) is 3.18. The van der Waals surface area contributed by atoms with Gasteiger partial charge in [0.25, 0.3) is 0 Å². The Kier molecular flexibility index (Phi) is 6.31. The van der Waals surface area contributed by atoms with E-state index < -0.39 is 0 Å². The van der Waals surface area contributed by atoms with Crippen molar-refractivity contribution in [3.8, 4) is 0 Å². The van der Waals surface area contributed by atoms with Gasteiger partial charge in [0.15, 0.2) is 0 Å². The first-order chi connectivity index (χ1) is 12.8. The van der Waals surface area contributed by atoms with Crippen LogP contribution in [0.4, 0.5) is 4.79 Å². The fourth-order valence-electron chi connectivity index (χ4n) is 4.37. The molecule has 7 nitrogen and oxygen atoms in total. The largest absolute Gasteiger partial charge is 0.441 e. The van der Waals surface area contributed by atoms with Crippen LogP contribution < -0.4 is 0 Å². The fraction of sp³-hybridized carbons (Fsp3) is 0.900. The zero-order valence-electron chi connectivity index (χ0n) is 17.4. The summed E-state index contributed by atoms with van der Waals surface area (Å²) < 4.78 is 5.77. The first-order valence-corrected chi connectivity index (χ1v) is 10.4. The van der Waals surface area contributed by atoms with E-state index in [1.165, 1.54) is 0 Å². The molecule has 0 N–H and O–H groups in total. The maximum atomic E-state index is 12.7. The molecule has 3 saturated heterocycles. The van der Waals surface area contributed by atoms with E-state index in [0.29, 0.717) is 38.1 Å². The average molecular weight is 381 g/mol. The highest BCUT2D eigenvalue weighted by Gasteiger charge is 2.47. The normalized spacial score (nSPS) is 25.9. The maximum absolute atomic E-state index is 12.7. The van der Waals surface area contributed by atoms with Crippen molar-refractivity contribution in [2.75, 3.05) is 59.9 Å². The van der Waals surface area contributed by atoms with E-state index in [1.54, 1.807) is 0 Å². The van der Waals surface area contributed by atoms with Crippen molar-refractivity contribution in [2.45, 2.75) is 51.2 Å². The van der Waals surface area contributed by atoms with Crippen molar-refractivity contribution >= 4 is 12.0 Å². The molecule has 3 fully saturated rings. The van der Waals surface area contributed by atoms with Gasteiger partial charge in [0.2, 0.25) is 5.91 Å². The number of hydrogen-bond donors (Lipinski definition) is 0. The molecule has 1 spiro atoms. The highest BCUT2D eigenvalue weighted by Crippen LogP contribution is 2.33. The Labute approximate surface area is 163 Å². The van der Waals surface area contributed by atoms with E-state index >= 15 is 0 Å². The lowest BCUT2D eigenvalue weighted by Gasteiger charge is -2.38. The second kappa shape index (κ2) is 8.35. The summed E-state index contributed by atoms with van der Waals surface area (Å²) in [5.41, 5.74) is -0.380. The molecule has 7 heteroatoms. The lowest BCUT2D eigenvalue weighted by molar-refractivity contribution is -0.135. The summed E-state index contributed by atoms with van der Waals surface area (Å²) in [5.74, 6) is 0.789. The summed E-state index contributed by atoms with van der Waals surface area (Å²) >= 11 is 0. The van der Waals surface area contributed by atoms with E-state index in [0.717, 1.165) is 45.3 Å². The summed E-state index contributed by atoms with van der Waals surface area (Å²) in [4.78, 5) is 33.2. The van der Waals surface area contributed by atoms with Crippen LogP contribution in [0, 0.1) is 5.92 Å². The molecule has 0 bridgehead atoms. The topological polar surface area (TPSA) is 56.3 Å². The Bertz CT molecular complexity index is 543. The molecule has 3 aliphatic rings. The fourth-order valence-corrected chi connectivity index (χ4v) is 4.37. The van der Waals surface area contributed by atoms with Gasteiger partial charge in [0.1, 0.15) is 5.60 Å². The van der Waals surface area contributed by atoms with Gasteiger partial charge in [-0.05, 0) is 32.9 Å². The summed E-state index contributed by atoms with van der Waals surface area (Å²) in [6, 6.07) is 0.553. The molecule has 3 aliphatic heterocycles. The van der Waals surface area contributed by atoms with Gasteiger partial charge in [0.05, 0.1) is 13.1 Å². The Morgan fingerprint density at radius 2 is 1.96 bits per heavy atom. The Balaban J connectivity index is 1.45. The number of ether oxygens (including phenoxy) is 1. The number of amides is 2. The summed E-state index contributed by atoms with van der Waals surface area (Å²) in [6.07, 6.45) is 3.46. The number of piperidine rings is 1. The van der Waals surface area contributed by atoms with Gasteiger partial charge >= 0.3 is 6.09 Å². The summed E-state index contributed by atoms with van der Waals surface area (Å²) in [5, 5.41) is 0. The highest BCUT2D eigenvalue weighted by molar-refractivity contribution is 5.78. The number of likely N-dealkylation sites (N-methyl/N-ethyl adjacent to an activating group) is 1. The third-order valence-corrected chi connectivity index (χ3v) is 6.38. The Hall–Kier alpha value is -1.34. The summed E-state index contributed by atoms with van der Waals surface area (Å²) in [6.45, 7) is 9.64. The van der Waals surface area contributed by atoms with Gasteiger partial charge in [-0.1, -0.05) is 13.8 Å². The van der Waals surface area contributed by atoms with E-state index in [9.17, 15) is 9.59 Å². The minimum atomic E-state index is -0.380. The molecule has 0 saturated carbocycles. The quantitative estimate of drug-likeness (QED) is 0.699. The van der Waals surface area contributed by atoms with Crippen LogP contribution in [0.15, 0.2) is 0 Å². The van der Waals surface area contributed by atoms with E-state index in [-0.39, 0.29) is 17.6 Å². The molecule has 154 valence electrons. The van der Waals surface area contributed by atoms with Gasteiger partial charge in [-0.25, -0.2) is 4.79 Å². The molecule has 0 aromatic heterocycles. The lowest BCUT2D eigenvalue weighted by atomic mass is 9.91. The molecule has 0 radical (unpaired) electrons. The van der Waals surface area contributed by atoms with Crippen LogP contribution in [0.2, 0.25) is 0 Å². The smallest absolute Gasteiger partial charge is 0.410 e. The van der Waals surface area contributed by atoms with E-state index in [1.807, 2.05) is 9.80 Å². The molecule has 3 rings (SSSR count). The predicted octanol–water partition coefficient (Wildman–Crippen LogP) is 1.48. The third-order valence-electron chi connectivity index (χ3n) is 6.38. The van der Waals surface area contributed by atoms with Gasteiger partial charge in [-0.3, -0.25) is 9.69 Å². The zero-order chi connectivity index (χ0) is 19.6. The van der Waals surface area contributed by atoms with E-state index in [2.05, 4.69) is 37.7 Å². The number of nitrogens with zero attached hydrogens (tertiary/aromatic N) is 4. The van der Waals surface area contributed by atoms with Crippen LogP contribution in [0.25, 0.3) is 0 Å². The van der Waals surface area contributed by atoms with Crippen LogP contribution in [-0.2, 0) is 9.53 Å². The third kappa shape index (κ3) is 4.93. The predicted molar refractivity (Wildman–Crippen MR) is 105 cm³/mol. The van der Waals surface area contributed by atoms with Crippen molar-refractivity contribution in [1.82, 2.24) is 19.6 Å². The summed E-state index contributed by atoms with van der Waals surface area (Å²) in [7, 11) is 4.21. The number of likely N-dealkylation sites (tertiary alicyclic amines) is 2. The van der Waals surface area contributed by atoms with Crippen molar-refractivity contribution in [1.29, 1.82) is 0 Å². The maximum Gasteiger partial charge on any atom is 0.410 e. The Morgan fingerprint density at radius 3 is 2.56 bits per heavy atom. The minimum absolute atomic E-state index is 0.178. The monoisotopic (exact) mass is 380 g/mol. The molecule has 0 aromatic carbocycles. The minimum Gasteiger partial charge on any atom is -0.441 e. The standard InChI is InChI=1S/C20H36N4O3/c1-16(2)5-10-24-15-20(27-19(24)26)7-11-23(12-8-20)18(25)14-22-9-6-17(13-22)21(3)4/h16-17H,5-15H2,1-4H3/t17-/m1/s1. The van der Waals surface area contributed by atoms with Crippen LogP contribution in [0.3, 0.4) is 0 Å².